The summed E-state index contributed by atoms with van der Waals surface area (Å²) in [6.45, 7) is 3.02. The van der Waals surface area contributed by atoms with Crippen LogP contribution in [-0.2, 0) is 4.79 Å². The lowest BCUT2D eigenvalue weighted by atomic mass is 10.2. The van der Waals surface area contributed by atoms with Gasteiger partial charge in [0.05, 0.1) is 11.6 Å². The smallest absolute Gasteiger partial charge is 0.242 e. The minimum absolute atomic E-state index is 0.0449. The van der Waals surface area contributed by atoms with E-state index in [2.05, 4.69) is 10.3 Å². The summed E-state index contributed by atoms with van der Waals surface area (Å²) in [6.07, 6.45) is 0. The van der Waals surface area contributed by atoms with E-state index in [0.717, 1.165) is 0 Å². The molecule has 17 heavy (non-hydrogen) atoms. The average Bonchev–Trinajstić information content (AvgIpc) is 2.31. The quantitative estimate of drug-likeness (QED) is 0.753. The second-order valence-corrected chi connectivity index (χ2v) is 4.20. The molecule has 0 aromatic carbocycles. The molecule has 5 nitrogen and oxygen atoms in total. The molecule has 1 fully saturated rings. The fourth-order valence-corrected chi connectivity index (χ4v) is 1.99. The first-order valence-corrected chi connectivity index (χ1v) is 5.61. The lowest BCUT2D eigenvalue weighted by molar-refractivity contribution is -0.122. The summed E-state index contributed by atoms with van der Waals surface area (Å²) in [7, 11) is 0. The van der Waals surface area contributed by atoms with Crippen LogP contribution in [0.15, 0.2) is 12.1 Å². The number of nitrogens with zero attached hydrogens (tertiary/aromatic N) is 3. The number of hydrogen-bond donors (Lipinski definition) is 1. The number of nitrogens with one attached hydrogen (secondary N) is 1. The number of nitriles is 1. The van der Waals surface area contributed by atoms with Crippen LogP contribution in [0.2, 0.25) is 5.15 Å². The van der Waals surface area contributed by atoms with Gasteiger partial charge in [-0.15, -0.1) is 0 Å². The second kappa shape index (κ2) is 4.60. The predicted molar refractivity (Wildman–Crippen MR) is 63.8 cm³/mol. The van der Waals surface area contributed by atoms with E-state index in [1.807, 2.05) is 11.0 Å². The summed E-state index contributed by atoms with van der Waals surface area (Å²) in [5.41, 5.74) is 0.443. The fraction of sp³-hybridized carbons (Fsp3) is 0.364. The summed E-state index contributed by atoms with van der Waals surface area (Å²) < 4.78 is 0. The van der Waals surface area contributed by atoms with Crippen molar-refractivity contribution in [3.8, 4) is 6.07 Å². The monoisotopic (exact) mass is 250 g/mol. The highest BCUT2D eigenvalue weighted by atomic mass is 35.5. The van der Waals surface area contributed by atoms with Crippen molar-refractivity contribution >= 4 is 23.3 Å². The van der Waals surface area contributed by atoms with Gasteiger partial charge in [-0.05, 0) is 19.1 Å². The second-order valence-electron chi connectivity index (χ2n) is 3.81. The highest BCUT2D eigenvalue weighted by molar-refractivity contribution is 6.29. The Bertz CT molecular complexity index is 497. The highest BCUT2D eigenvalue weighted by Gasteiger charge is 2.26. The molecule has 1 unspecified atom stereocenters. The zero-order valence-electron chi connectivity index (χ0n) is 9.27. The Labute approximate surface area is 104 Å². The van der Waals surface area contributed by atoms with Gasteiger partial charge in [0.15, 0.2) is 0 Å². The molecular formula is C11H11ClN4O. The Morgan fingerprint density at radius 2 is 2.41 bits per heavy atom. The Balaban J connectivity index is 2.36. The maximum Gasteiger partial charge on any atom is 0.242 e. The molecule has 1 aliphatic heterocycles. The molecule has 2 heterocycles. The zero-order valence-corrected chi connectivity index (χ0v) is 10.0. The van der Waals surface area contributed by atoms with Crippen LogP contribution in [0.1, 0.15) is 12.5 Å². The Morgan fingerprint density at radius 3 is 3.12 bits per heavy atom. The van der Waals surface area contributed by atoms with Gasteiger partial charge in [0, 0.05) is 13.1 Å². The average molecular weight is 251 g/mol. The number of hydrogen-bond acceptors (Lipinski definition) is 4. The molecule has 1 aromatic heterocycles. The van der Waals surface area contributed by atoms with Gasteiger partial charge in [-0.25, -0.2) is 4.98 Å². The topological polar surface area (TPSA) is 69.0 Å². The van der Waals surface area contributed by atoms with Gasteiger partial charge in [-0.1, -0.05) is 11.6 Å². The number of aromatic nitrogens is 1. The molecule has 1 atom stereocenters. The number of carbonyl (C=O) groups excluding carboxylic acids is 1. The summed E-state index contributed by atoms with van der Waals surface area (Å²) >= 11 is 5.84. The van der Waals surface area contributed by atoms with E-state index < -0.39 is 0 Å². The van der Waals surface area contributed by atoms with Gasteiger partial charge < -0.3 is 10.2 Å². The number of pyridine rings is 1. The van der Waals surface area contributed by atoms with Crippen LogP contribution in [0.4, 0.5) is 5.82 Å². The molecule has 0 spiro atoms. The number of amides is 1. The predicted octanol–water partition coefficient (Wildman–Crippen LogP) is 0.931. The Morgan fingerprint density at radius 1 is 1.65 bits per heavy atom. The van der Waals surface area contributed by atoms with Gasteiger partial charge in [0.1, 0.15) is 17.0 Å². The largest absolute Gasteiger partial charge is 0.353 e. The fourth-order valence-electron chi connectivity index (χ4n) is 1.79. The summed E-state index contributed by atoms with van der Waals surface area (Å²) in [4.78, 5) is 17.5. The first-order valence-electron chi connectivity index (χ1n) is 5.24. The molecule has 1 N–H and O–H groups in total. The van der Waals surface area contributed by atoms with Crippen molar-refractivity contribution in [2.75, 3.05) is 18.0 Å². The van der Waals surface area contributed by atoms with E-state index in [4.69, 9.17) is 16.9 Å². The van der Waals surface area contributed by atoms with E-state index in [1.54, 1.807) is 13.0 Å². The lowest BCUT2D eigenvalue weighted by Crippen LogP contribution is -2.54. The van der Waals surface area contributed by atoms with E-state index in [-0.39, 0.29) is 17.1 Å². The molecule has 0 bridgehead atoms. The van der Waals surface area contributed by atoms with Crippen LogP contribution in [-0.4, -0.2) is 30.0 Å². The summed E-state index contributed by atoms with van der Waals surface area (Å²) in [5.74, 6) is 0.521. The van der Waals surface area contributed by atoms with Crippen LogP contribution < -0.4 is 10.2 Å². The minimum atomic E-state index is -0.304. The van der Waals surface area contributed by atoms with Crippen LogP contribution >= 0.6 is 11.6 Å². The number of rotatable bonds is 1. The molecule has 1 saturated heterocycles. The number of piperazine rings is 1. The normalized spacial score (nSPS) is 19.7. The molecule has 0 saturated carbocycles. The third-order valence-corrected chi connectivity index (χ3v) is 2.90. The standard InChI is InChI=1S/C11H11ClN4O/c1-7-11(17)14-2-3-16(7)10-5-8(6-13)4-9(12)15-10/h4-5,7H,2-3H2,1H3,(H,14,17). The van der Waals surface area contributed by atoms with Crippen LogP contribution in [0.25, 0.3) is 0 Å². The van der Waals surface area contributed by atoms with Crippen LogP contribution in [0.3, 0.4) is 0 Å². The number of halogens is 1. The van der Waals surface area contributed by atoms with Gasteiger partial charge in [-0.3, -0.25) is 4.79 Å². The van der Waals surface area contributed by atoms with Gasteiger partial charge in [-0.2, -0.15) is 5.26 Å². The maximum atomic E-state index is 11.5. The summed E-state index contributed by atoms with van der Waals surface area (Å²) in [5, 5.41) is 11.9. The third kappa shape index (κ3) is 2.32. The van der Waals surface area contributed by atoms with Gasteiger partial charge in [0.25, 0.3) is 0 Å². The van der Waals surface area contributed by atoms with Crippen LogP contribution in [0.5, 0.6) is 0 Å². The van der Waals surface area contributed by atoms with Crippen molar-refractivity contribution in [3.63, 3.8) is 0 Å². The Kier molecular flexibility index (Phi) is 3.16. The van der Waals surface area contributed by atoms with Crippen molar-refractivity contribution in [2.45, 2.75) is 13.0 Å². The van der Waals surface area contributed by atoms with Gasteiger partial charge in [0.2, 0.25) is 5.91 Å². The molecule has 0 radical (unpaired) electrons. The molecule has 6 heteroatoms. The first kappa shape index (κ1) is 11.7. The van der Waals surface area contributed by atoms with Crippen molar-refractivity contribution in [1.29, 1.82) is 5.26 Å². The Hall–Kier alpha value is -1.80. The van der Waals surface area contributed by atoms with Crippen molar-refractivity contribution in [1.82, 2.24) is 10.3 Å². The maximum absolute atomic E-state index is 11.5. The number of carbonyl (C=O) groups is 1. The third-order valence-electron chi connectivity index (χ3n) is 2.70. The van der Waals surface area contributed by atoms with E-state index in [0.29, 0.717) is 24.5 Å². The van der Waals surface area contributed by atoms with E-state index >= 15 is 0 Å². The SMILES string of the molecule is CC1C(=O)NCCN1c1cc(C#N)cc(Cl)n1. The summed E-state index contributed by atoms with van der Waals surface area (Å²) in [6, 6.07) is 4.86. The van der Waals surface area contributed by atoms with E-state index in [1.165, 1.54) is 6.07 Å². The van der Waals surface area contributed by atoms with Crippen molar-refractivity contribution in [2.24, 2.45) is 0 Å². The molecule has 1 aromatic rings. The molecule has 1 amide bonds. The van der Waals surface area contributed by atoms with Crippen molar-refractivity contribution < 1.29 is 4.79 Å². The minimum Gasteiger partial charge on any atom is -0.353 e. The lowest BCUT2D eigenvalue weighted by Gasteiger charge is -2.33. The highest BCUT2D eigenvalue weighted by Crippen LogP contribution is 2.20. The molecule has 2 rings (SSSR count). The molecule has 1 aliphatic rings. The number of anilines is 1. The molecule has 88 valence electrons. The molecule has 0 aliphatic carbocycles. The first-order chi connectivity index (χ1) is 8.11. The van der Waals surface area contributed by atoms with Crippen molar-refractivity contribution in [3.05, 3.63) is 22.8 Å². The van der Waals surface area contributed by atoms with Crippen LogP contribution in [0, 0.1) is 11.3 Å². The molecular weight excluding hydrogens is 240 g/mol. The van der Waals surface area contributed by atoms with Gasteiger partial charge >= 0.3 is 0 Å². The zero-order chi connectivity index (χ0) is 12.4. The van der Waals surface area contributed by atoms with E-state index in [9.17, 15) is 4.79 Å².